The Morgan fingerprint density at radius 1 is 1.33 bits per heavy atom. The van der Waals surface area contributed by atoms with E-state index < -0.39 is 0 Å². The van der Waals surface area contributed by atoms with Crippen molar-refractivity contribution in [2.75, 3.05) is 7.05 Å². The van der Waals surface area contributed by atoms with Gasteiger partial charge in [-0.15, -0.1) is 0 Å². The lowest BCUT2D eigenvalue weighted by Crippen LogP contribution is -2.15. The van der Waals surface area contributed by atoms with Crippen molar-refractivity contribution in [2.45, 2.75) is 6.54 Å². The van der Waals surface area contributed by atoms with Crippen molar-refractivity contribution in [1.29, 1.82) is 0 Å². The predicted octanol–water partition coefficient (Wildman–Crippen LogP) is 2.67. The van der Waals surface area contributed by atoms with Gasteiger partial charge in [-0.25, -0.2) is 0 Å². The molecule has 0 saturated carbocycles. The molecule has 1 aliphatic rings. The minimum Gasteiger partial charge on any atom is -0.375 e. The fourth-order valence-electron chi connectivity index (χ4n) is 1.47. The lowest BCUT2D eigenvalue weighted by Gasteiger charge is -2.22. The summed E-state index contributed by atoms with van der Waals surface area (Å²) in [5.74, 6) is 0. The van der Waals surface area contributed by atoms with E-state index in [0.29, 0.717) is 0 Å². The second-order valence-electron chi connectivity index (χ2n) is 3.05. The molecule has 12 heavy (non-hydrogen) atoms. The summed E-state index contributed by atoms with van der Waals surface area (Å²) < 4.78 is 0. The number of hydrogen-bond acceptors (Lipinski definition) is 1. The highest BCUT2D eigenvalue weighted by atomic mass is 35.5. The number of hydrogen-bond donors (Lipinski definition) is 0. The topological polar surface area (TPSA) is 3.24 Å². The van der Waals surface area contributed by atoms with E-state index in [0.717, 1.165) is 17.1 Å². The van der Waals surface area contributed by atoms with Crippen LogP contribution < -0.4 is 0 Å². The van der Waals surface area contributed by atoms with Crippen LogP contribution in [0.25, 0.3) is 5.03 Å². The quantitative estimate of drug-likeness (QED) is 0.592. The van der Waals surface area contributed by atoms with E-state index in [1.165, 1.54) is 5.56 Å². The van der Waals surface area contributed by atoms with E-state index in [-0.39, 0.29) is 0 Å². The van der Waals surface area contributed by atoms with Gasteiger partial charge >= 0.3 is 0 Å². The van der Waals surface area contributed by atoms with Crippen LogP contribution in [0.4, 0.5) is 0 Å². The second kappa shape index (κ2) is 2.83. The average Bonchev–Trinajstić information content (AvgIpc) is 2.04. The van der Waals surface area contributed by atoms with Crippen molar-refractivity contribution in [1.82, 2.24) is 4.90 Å². The first-order valence-corrected chi connectivity index (χ1v) is 4.31. The molecule has 62 valence electrons. The van der Waals surface area contributed by atoms with Gasteiger partial charge in [0, 0.05) is 19.8 Å². The van der Waals surface area contributed by atoms with Gasteiger partial charge in [0.1, 0.15) is 0 Å². The van der Waals surface area contributed by atoms with Crippen molar-refractivity contribution < 1.29 is 0 Å². The van der Waals surface area contributed by atoms with Gasteiger partial charge in [-0.3, -0.25) is 0 Å². The van der Waals surface area contributed by atoms with Crippen LogP contribution in [-0.4, -0.2) is 11.9 Å². The maximum Gasteiger partial charge on any atom is 0.0640 e. The van der Waals surface area contributed by atoms with E-state index in [4.69, 9.17) is 11.6 Å². The molecule has 0 spiro atoms. The van der Waals surface area contributed by atoms with E-state index >= 15 is 0 Å². The van der Waals surface area contributed by atoms with Crippen LogP contribution in [0.5, 0.6) is 0 Å². The molecule has 0 N–H and O–H groups in total. The summed E-state index contributed by atoms with van der Waals surface area (Å²) in [5.41, 5.74) is 2.46. The van der Waals surface area contributed by atoms with E-state index in [1.807, 2.05) is 25.4 Å². The Labute approximate surface area is 77.3 Å². The van der Waals surface area contributed by atoms with Gasteiger partial charge in [0.15, 0.2) is 0 Å². The minimum atomic E-state index is 0.833. The lowest BCUT2D eigenvalue weighted by molar-refractivity contribution is 0.447. The number of fused-ring (bicyclic) bond motifs is 1. The Morgan fingerprint density at radius 2 is 2.08 bits per heavy atom. The minimum absolute atomic E-state index is 0.833. The van der Waals surface area contributed by atoms with Gasteiger partial charge in [0.25, 0.3) is 0 Å². The first kappa shape index (κ1) is 7.69. The molecule has 1 nitrogen and oxygen atoms in total. The number of nitrogens with zero attached hydrogens (tertiary/aromatic N) is 1. The molecular weight excluding hydrogens is 170 g/mol. The summed E-state index contributed by atoms with van der Waals surface area (Å²) in [6.45, 7) is 0.951. The van der Waals surface area contributed by atoms with Crippen LogP contribution in [0.15, 0.2) is 30.5 Å². The highest BCUT2D eigenvalue weighted by Crippen LogP contribution is 2.27. The van der Waals surface area contributed by atoms with E-state index in [9.17, 15) is 0 Å². The first-order valence-electron chi connectivity index (χ1n) is 3.93. The molecular formula is C10H10ClN. The molecule has 1 aromatic rings. The molecule has 1 aromatic carbocycles. The predicted molar refractivity (Wildman–Crippen MR) is 51.7 cm³/mol. The molecule has 2 rings (SSSR count). The lowest BCUT2D eigenvalue weighted by atomic mass is 10.0. The Bertz CT molecular complexity index is 330. The van der Waals surface area contributed by atoms with Crippen LogP contribution in [0.2, 0.25) is 0 Å². The third kappa shape index (κ3) is 1.21. The van der Waals surface area contributed by atoms with Gasteiger partial charge in [0.05, 0.1) is 5.03 Å². The van der Waals surface area contributed by atoms with E-state index in [2.05, 4.69) is 17.0 Å². The van der Waals surface area contributed by atoms with Crippen molar-refractivity contribution in [3.05, 3.63) is 41.6 Å². The first-order chi connectivity index (χ1) is 5.77. The van der Waals surface area contributed by atoms with E-state index in [1.54, 1.807) is 0 Å². The van der Waals surface area contributed by atoms with Crippen LogP contribution in [-0.2, 0) is 6.54 Å². The summed E-state index contributed by atoms with van der Waals surface area (Å²) in [4.78, 5) is 2.09. The van der Waals surface area contributed by atoms with Crippen LogP contribution in [0.1, 0.15) is 11.1 Å². The second-order valence-corrected chi connectivity index (χ2v) is 3.46. The van der Waals surface area contributed by atoms with Gasteiger partial charge < -0.3 is 4.90 Å². The summed E-state index contributed by atoms with van der Waals surface area (Å²) >= 11 is 6.06. The summed E-state index contributed by atoms with van der Waals surface area (Å²) in [7, 11) is 2.03. The standard InChI is InChI=1S/C10H10ClN/c1-12-6-8-4-2-3-5-9(8)10(11)7-12/h2-5,7H,6H2,1H3. The third-order valence-corrected chi connectivity index (χ3v) is 2.33. The van der Waals surface area contributed by atoms with Crippen molar-refractivity contribution in [3.63, 3.8) is 0 Å². The van der Waals surface area contributed by atoms with Gasteiger partial charge in [-0.1, -0.05) is 35.9 Å². The van der Waals surface area contributed by atoms with Gasteiger partial charge in [-0.05, 0) is 11.1 Å². The molecule has 0 atom stereocenters. The third-order valence-electron chi connectivity index (χ3n) is 2.03. The maximum absolute atomic E-state index is 6.06. The fourth-order valence-corrected chi connectivity index (χ4v) is 1.82. The normalized spacial score (nSPS) is 15.5. The Kier molecular flexibility index (Phi) is 1.81. The zero-order valence-corrected chi connectivity index (χ0v) is 7.67. The maximum atomic E-state index is 6.06. The monoisotopic (exact) mass is 179 g/mol. The van der Waals surface area contributed by atoms with Crippen molar-refractivity contribution in [3.8, 4) is 0 Å². The van der Waals surface area contributed by atoms with Crippen LogP contribution >= 0.6 is 11.6 Å². The molecule has 0 unspecified atom stereocenters. The molecule has 0 amide bonds. The fraction of sp³-hybridized carbons (Fsp3) is 0.200. The molecule has 0 bridgehead atoms. The zero-order chi connectivity index (χ0) is 8.55. The Morgan fingerprint density at radius 3 is 2.92 bits per heavy atom. The largest absolute Gasteiger partial charge is 0.375 e. The zero-order valence-electron chi connectivity index (χ0n) is 6.92. The number of halogens is 1. The smallest absolute Gasteiger partial charge is 0.0640 e. The van der Waals surface area contributed by atoms with Crippen molar-refractivity contribution >= 4 is 16.6 Å². The van der Waals surface area contributed by atoms with Gasteiger partial charge in [-0.2, -0.15) is 0 Å². The molecule has 1 heterocycles. The highest BCUT2D eigenvalue weighted by molar-refractivity contribution is 6.48. The molecule has 0 fully saturated rings. The molecule has 0 aromatic heterocycles. The number of benzene rings is 1. The number of rotatable bonds is 0. The Hall–Kier alpha value is -0.950. The van der Waals surface area contributed by atoms with Crippen molar-refractivity contribution in [2.24, 2.45) is 0 Å². The molecule has 0 saturated heterocycles. The van der Waals surface area contributed by atoms with Crippen LogP contribution in [0, 0.1) is 0 Å². The molecule has 2 heteroatoms. The SMILES string of the molecule is CN1C=C(Cl)c2ccccc2C1. The van der Waals surface area contributed by atoms with Gasteiger partial charge in [0.2, 0.25) is 0 Å². The summed E-state index contributed by atoms with van der Waals surface area (Å²) in [6, 6.07) is 8.23. The highest BCUT2D eigenvalue weighted by Gasteiger charge is 2.11. The summed E-state index contributed by atoms with van der Waals surface area (Å²) in [5, 5.41) is 0.833. The van der Waals surface area contributed by atoms with Crippen LogP contribution in [0.3, 0.4) is 0 Å². The summed E-state index contributed by atoms with van der Waals surface area (Å²) in [6.07, 6.45) is 1.96. The molecule has 1 aliphatic heterocycles. The Balaban J connectivity index is 2.53. The average molecular weight is 180 g/mol. The molecule has 0 aliphatic carbocycles. The molecule has 0 radical (unpaired) electrons.